The quantitative estimate of drug-likeness (QED) is 0.546. The highest BCUT2D eigenvalue weighted by Gasteiger charge is 2.10. The minimum absolute atomic E-state index is 0.151. The van der Waals surface area contributed by atoms with Crippen LogP contribution in [0.2, 0.25) is 24.7 Å². The summed E-state index contributed by atoms with van der Waals surface area (Å²) < 4.78 is 13.4. The van der Waals surface area contributed by atoms with Crippen LogP contribution in [0.1, 0.15) is 5.56 Å². The lowest BCUT2D eigenvalue weighted by Crippen LogP contribution is -2.16. The van der Waals surface area contributed by atoms with Gasteiger partial charge in [0.05, 0.1) is 10.6 Å². The number of rotatable bonds is 0. The number of benzene rings is 1. The van der Waals surface area contributed by atoms with Gasteiger partial charge in [-0.25, -0.2) is 4.39 Å². The van der Waals surface area contributed by atoms with Crippen LogP contribution in [0.3, 0.4) is 0 Å². The lowest BCUT2D eigenvalue weighted by Gasteiger charge is -2.04. The molecule has 0 aromatic heterocycles. The van der Waals surface area contributed by atoms with Gasteiger partial charge in [0.2, 0.25) is 0 Å². The zero-order chi connectivity index (χ0) is 11.6. The Labute approximate surface area is 94.9 Å². The second-order valence-corrected chi connectivity index (χ2v) is 9.44. The molecule has 4 heteroatoms. The Bertz CT molecular complexity index is 417. The molecule has 0 aliphatic heterocycles. The van der Waals surface area contributed by atoms with Gasteiger partial charge in [-0.2, -0.15) is 0 Å². The van der Waals surface area contributed by atoms with Crippen LogP contribution in [0.25, 0.3) is 0 Å². The molecule has 1 aromatic carbocycles. The topological polar surface area (TPSA) is 20.2 Å². The Balaban J connectivity index is 3.20. The molecule has 0 fully saturated rings. The first kappa shape index (κ1) is 12.1. The first-order chi connectivity index (χ1) is 6.79. The Morgan fingerprint density at radius 1 is 1.33 bits per heavy atom. The summed E-state index contributed by atoms with van der Waals surface area (Å²) in [6.07, 6.45) is 0. The van der Waals surface area contributed by atoms with Gasteiger partial charge in [0.1, 0.15) is 19.6 Å². The third-order valence-electron chi connectivity index (χ3n) is 1.59. The van der Waals surface area contributed by atoms with Crippen molar-refractivity contribution in [3.05, 3.63) is 28.5 Å². The molecule has 15 heavy (non-hydrogen) atoms. The summed E-state index contributed by atoms with van der Waals surface area (Å²) in [5.41, 5.74) is 3.19. The molecule has 0 saturated carbocycles. The van der Waals surface area contributed by atoms with Crippen LogP contribution in [0, 0.1) is 17.3 Å². The average molecular weight is 243 g/mol. The lowest BCUT2D eigenvalue weighted by molar-refractivity contribution is 0.469. The van der Waals surface area contributed by atoms with Crippen LogP contribution >= 0.6 is 11.6 Å². The van der Waals surface area contributed by atoms with Crippen molar-refractivity contribution in [2.45, 2.75) is 19.6 Å². The van der Waals surface area contributed by atoms with Crippen LogP contribution in [0.15, 0.2) is 12.1 Å². The van der Waals surface area contributed by atoms with Gasteiger partial charge in [0.15, 0.2) is 0 Å². The maximum Gasteiger partial charge on any atom is 0.143 e. The molecule has 1 rings (SSSR count). The Kier molecular flexibility index (Phi) is 3.43. The normalized spacial score (nSPS) is 10.7. The summed E-state index contributed by atoms with van der Waals surface area (Å²) >= 11 is 5.78. The first-order valence-electron chi connectivity index (χ1n) is 4.51. The molecular formula is C11H12ClFOSi. The maximum atomic E-state index is 13.4. The van der Waals surface area contributed by atoms with Gasteiger partial charge in [-0.1, -0.05) is 37.2 Å². The van der Waals surface area contributed by atoms with Crippen molar-refractivity contribution in [2.24, 2.45) is 0 Å². The Hall–Kier alpha value is -0.983. The van der Waals surface area contributed by atoms with Crippen LogP contribution in [0.4, 0.5) is 4.39 Å². The van der Waals surface area contributed by atoms with E-state index in [9.17, 15) is 4.39 Å². The van der Waals surface area contributed by atoms with Gasteiger partial charge in [-0.3, -0.25) is 0 Å². The molecule has 0 amide bonds. The fraction of sp³-hybridized carbons (Fsp3) is 0.273. The van der Waals surface area contributed by atoms with Crippen molar-refractivity contribution in [1.82, 2.24) is 0 Å². The van der Waals surface area contributed by atoms with Crippen molar-refractivity contribution < 1.29 is 9.50 Å². The van der Waals surface area contributed by atoms with Gasteiger partial charge in [-0.15, -0.1) is 5.54 Å². The van der Waals surface area contributed by atoms with Crippen LogP contribution < -0.4 is 0 Å². The SMILES string of the molecule is C[Si](C)(C)C#Cc1c(F)cc(O)cc1Cl. The zero-order valence-electron chi connectivity index (χ0n) is 8.86. The predicted octanol–water partition coefficient (Wildman–Crippen LogP) is 3.41. The smallest absolute Gasteiger partial charge is 0.143 e. The summed E-state index contributed by atoms with van der Waals surface area (Å²) in [5.74, 6) is 1.98. The zero-order valence-corrected chi connectivity index (χ0v) is 10.6. The van der Waals surface area contributed by atoms with Crippen LogP contribution in [-0.4, -0.2) is 13.2 Å². The van der Waals surface area contributed by atoms with Crippen LogP contribution in [-0.2, 0) is 0 Å². The van der Waals surface area contributed by atoms with Gasteiger partial charge >= 0.3 is 0 Å². The van der Waals surface area contributed by atoms with E-state index in [-0.39, 0.29) is 16.3 Å². The monoisotopic (exact) mass is 242 g/mol. The van der Waals surface area contributed by atoms with Crippen molar-refractivity contribution >= 4 is 19.7 Å². The minimum Gasteiger partial charge on any atom is -0.508 e. The van der Waals surface area contributed by atoms with Crippen LogP contribution in [0.5, 0.6) is 5.75 Å². The van der Waals surface area contributed by atoms with Gasteiger partial charge in [-0.05, 0) is 6.07 Å². The maximum absolute atomic E-state index is 13.4. The molecule has 0 unspecified atom stereocenters. The predicted molar refractivity (Wildman–Crippen MR) is 63.3 cm³/mol. The fourth-order valence-electron chi connectivity index (χ4n) is 0.929. The first-order valence-corrected chi connectivity index (χ1v) is 8.38. The fourth-order valence-corrected chi connectivity index (χ4v) is 1.68. The van der Waals surface area contributed by atoms with E-state index in [2.05, 4.69) is 31.1 Å². The summed E-state index contributed by atoms with van der Waals surface area (Å²) in [6.45, 7) is 6.19. The highest BCUT2D eigenvalue weighted by Crippen LogP contribution is 2.24. The van der Waals surface area contributed by atoms with Crippen molar-refractivity contribution in [2.75, 3.05) is 0 Å². The highest BCUT2D eigenvalue weighted by molar-refractivity contribution is 6.83. The minimum atomic E-state index is -1.55. The number of phenolic OH excluding ortho intramolecular Hbond substituents is 1. The van der Waals surface area contributed by atoms with E-state index in [1.54, 1.807) is 0 Å². The van der Waals surface area contributed by atoms with E-state index in [0.717, 1.165) is 6.07 Å². The lowest BCUT2D eigenvalue weighted by atomic mass is 10.2. The van der Waals surface area contributed by atoms with Gasteiger partial charge in [0, 0.05) is 6.07 Å². The summed E-state index contributed by atoms with van der Waals surface area (Å²) in [7, 11) is -1.55. The van der Waals surface area contributed by atoms with Crippen molar-refractivity contribution in [1.29, 1.82) is 0 Å². The second-order valence-electron chi connectivity index (χ2n) is 4.28. The third-order valence-corrected chi connectivity index (χ3v) is 2.76. The number of halogens is 2. The Morgan fingerprint density at radius 2 is 1.93 bits per heavy atom. The molecule has 0 atom stereocenters. The molecule has 1 nitrogen and oxygen atoms in total. The van der Waals surface area contributed by atoms with Gasteiger partial charge < -0.3 is 5.11 Å². The highest BCUT2D eigenvalue weighted by atomic mass is 35.5. The number of phenols is 1. The Morgan fingerprint density at radius 3 is 2.40 bits per heavy atom. The molecule has 0 aliphatic rings. The van der Waals surface area contributed by atoms with E-state index in [1.807, 2.05) is 0 Å². The number of aromatic hydroxyl groups is 1. The molecule has 0 aliphatic carbocycles. The van der Waals surface area contributed by atoms with E-state index in [4.69, 9.17) is 16.7 Å². The number of hydrogen-bond donors (Lipinski definition) is 1. The largest absolute Gasteiger partial charge is 0.508 e. The molecule has 1 N–H and O–H groups in total. The molecule has 0 bridgehead atoms. The number of hydrogen-bond acceptors (Lipinski definition) is 1. The third kappa shape index (κ3) is 3.58. The van der Waals surface area contributed by atoms with E-state index < -0.39 is 13.9 Å². The molecule has 0 radical (unpaired) electrons. The molecule has 0 heterocycles. The van der Waals surface area contributed by atoms with E-state index in [1.165, 1.54) is 6.07 Å². The molecular weight excluding hydrogens is 231 g/mol. The summed E-state index contributed by atoms with van der Waals surface area (Å²) in [5, 5.41) is 9.23. The second kappa shape index (κ2) is 4.26. The molecule has 80 valence electrons. The van der Waals surface area contributed by atoms with Gasteiger partial charge in [0.25, 0.3) is 0 Å². The standard InChI is InChI=1S/C11H12ClFOSi/c1-15(2,3)5-4-9-10(12)6-8(14)7-11(9)13/h6-7,14H,1-3H3. The summed E-state index contributed by atoms with van der Waals surface area (Å²) in [6, 6.07) is 2.30. The van der Waals surface area contributed by atoms with Crippen molar-refractivity contribution in [3.8, 4) is 17.2 Å². The summed E-state index contributed by atoms with van der Waals surface area (Å²) in [4.78, 5) is 0. The van der Waals surface area contributed by atoms with E-state index >= 15 is 0 Å². The average Bonchev–Trinajstić information content (AvgIpc) is 1.99. The van der Waals surface area contributed by atoms with E-state index in [0.29, 0.717) is 0 Å². The van der Waals surface area contributed by atoms with Crippen molar-refractivity contribution in [3.63, 3.8) is 0 Å². The molecule has 0 saturated heterocycles. The molecule has 1 aromatic rings. The molecule has 0 spiro atoms.